The number of hydrogen-bond acceptors (Lipinski definition) is 5. The Labute approximate surface area is 173 Å². The molecule has 2 aliphatic heterocycles. The molecule has 0 spiro atoms. The first-order valence-corrected chi connectivity index (χ1v) is 10.8. The van der Waals surface area contributed by atoms with Gasteiger partial charge in [-0.1, -0.05) is 0 Å². The first-order chi connectivity index (χ1) is 14.2. The van der Waals surface area contributed by atoms with Gasteiger partial charge in [-0.05, 0) is 75.1 Å². The van der Waals surface area contributed by atoms with Crippen molar-refractivity contribution in [2.75, 3.05) is 33.2 Å². The number of piperidine rings is 2. The predicted molar refractivity (Wildman–Crippen MR) is 112 cm³/mol. The van der Waals surface area contributed by atoms with Crippen LogP contribution in [0.25, 0.3) is 0 Å². The van der Waals surface area contributed by atoms with Gasteiger partial charge >= 0.3 is 0 Å². The van der Waals surface area contributed by atoms with E-state index in [1.54, 1.807) is 6.26 Å². The summed E-state index contributed by atoms with van der Waals surface area (Å²) < 4.78 is 5.40. The first-order valence-electron chi connectivity index (χ1n) is 10.8. The smallest absolute Gasteiger partial charge is 0.227 e. The summed E-state index contributed by atoms with van der Waals surface area (Å²) in [6.45, 7) is 5.84. The lowest BCUT2D eigenvalue weighted by Crippen LogP contribution is -2.50. The fourth-order valence-electron chi connectivity index (χ4n) is 4.75. The summed E-state index contributed by atoms with van der Waals surface area (Å²) in [6.07, 6.45) is 9.90. The second-order valence-electron chi connectivity index (χ2n) is 8.47. The van der Waals surface area contributed by atoms with E-state index in [1.807, 2.05) is 36.5 Å². The van der Waals surface area contributed by atoms with Crippen molar-refractivity contribution in [2.45, 2.75) is 44.8 Å². The lowest BCUT2D eigenvalue weighted by molar-refractivity contribution is -0.137. The van der Waals surface area contributed by atoms with Crippen molar-refractivity contribution < 1.29 is 9.21 Å². The molecule has 29 heavy (non-hydrogen) atoms. The maximum Gasteiger partial charge on any atom is 0.227 e. The number of rotatable bonds is 6. The molecule has 2 saturated heterocycles. The normalized spacial score (nSPS) is 21.9. The standard InChI is InChI=1S/C23H32N4O2/c1-25(18-22-5-3-15-29-22)23(28)20-4-2-12-27(17-20)21-8-13-26(14-9-21)16-19-6-10-24-11-7-19/h3,5-7,10-11,15,20-21H,2,4,8-9,12-14,16-18H2,1H3/t20-/m0/s1. The third kappa shape index (κ3) is 5.25. The van der Waals surface area contributed by atoms with Gasteiger partial charge in [0, 0.05) is 38.6 Å². The Morgan fingerprint density at radius 1 is 1.17 bits per heavy atom. The molecule has 1 amide bonds. The van der Waals surface area contributed by atoms with Gasteiger partial charge in [-0.3, -0.25) is 19.6 Å². The Balaban J connectivity index is 1.26. The summed E-state index contributed by atoms with van der Waals surface area (Å²) in [6, 6.07) is 8.61. The highest BCUT2D eigenvalue weighted by molar-refractivity contribution is 5.78. The number of nitrogens with zero attached hydrogens (tertiary/aromatic N) is 4. The number of likely N-dealkylation sites (tertiary alicyclic amines) is 2. The van der Waals surface area contributed by atoms with E-state index in [1.165, 1.54) is 18.4 Å². The average molecular weight is 397 g/mol. The highest BCUT2D eigenvalue weighted by Crippen LogP contribution is 2.26. The van der Waals surface area contributed by atoms with Crippen LogP contribution in [0.15, 0.2) is 47.3 Å². The molecule has 6 heteroatoms. The number of aromatic nitrogens is 1. The number of amides is 1. The third-order valence-corrected chi connectivity index (χ3v) is 6.38. The van der Waals surface area contributed by atoms with Crippen molar-refractivity contribution in [3.63, 3.8) is 0 Å². The maximum absolute atomic E-state index is 13.0. The maximum atomic E-state index is 13.0. The van der Waals surface area contributed by atoms with Crippen LogP contribution in [-0.4, -0.2) is 64.9 Å². The molecule has 4 rings (SSSR count). The van der Waals surface area contributed by atoms with Crippen molar-refractivity contribution >= 4 is 5.91 Å². The third-order valence-electron chi connectivity index (χ3n) is 6.38. The number of carbonyl (C=O) groups is 1. The predicted octanol–water partition coefficient (Wildman–Crippen LogP) is 3.01. The van der Waals surface area contributed by atoms with Crippen LogP contribution in [0.4, 0.5) is 0 Å². The summed E-state index contributed by atoms with van der Waals surface area (Å²) in [4.78, 5) is 24.0. The Bertz CT molecular complexity index is 756. The summed E-state index contributed by atoms with van der Waals surface area (Å²) in [5, 5.41) is 0. The van der Waals surface area contributed by atoms with Crippen LogP contribution in [0.1, 0.15) is 37.0 Å². The molecule has 156 valence electrons. The highest BCUT2D eigenvalue weighted by atomic mass is 16.3. The second kappa shape index (κ2) is 9.55. The van der Waals surface area contributed by atoms with Gasteiger partial charge < -0.3 is 9.32 Å². The Kier molecular flexibility index (Phi) is 6.62. The number of hydrogen-bond donors (Lipinski definition) is 0. The molecule has 2 aromatic heterocycles. The van der Waals surface area contributed by atoms with Gasteiger partial charge in [-0.15, -0.1) is 0 Å². The molecule has 0 saturated carbocycles. The topological polar surface area (TPSA) is 52.8 Å². The minimum Gasteiger partial charge on any atom is -0.467 e. The monoisotopic (exact) mass is 396 g/mol. The van der Waals surface area contributed by atoms with Crippen LogP contribution in [0.3, 0.4) is 0 Å². The quantitative estimate of drug-likeness (QED) is 0.751. The molecule has 6 nitrogen and oxygen atoms in total. The SMILES string of the molecule is CN(Cc1ccco1)C(=O)[C@H]1CCCN(C2CCN(Cc3ccncc3)CC2)C1. The largest absolute Gasteiger partial charge is 0.467 e. The Morgan fingerprint density at radius 3 is 2.69 bits per heavy atom. The van der Waals surface area contributed by atoms with Gasteiger partial charge in [0.25, 0.3) is 0 Å². The zero-order valence-electron chi connectivity index (χ0n) is 17.4. The zero-order valence-corrected chi connectivity index (χ0v) is 17.4. The minimum atomic E-state index is 0.110. The number of furan rings is 1. The van der Waals surface area contributed by atoms with Gasteiger partial charge in [0.15, 0.2) is 0 Å². The highest BCUT2D eigenvalue weighted by Gasteiger charge is 2.32. The summed E-state index contributed by atoms with van der Waals surface area (Å²) in [7, 11) is 1.89. The summed E-state index contributed by atoms with van der Waals surface area (Å²) >= 11 is 0. The fraction of sp³-hybridized carbons (Fsp3) is 0.565. The lowest BCUT2D eigenvalue weighted by atomic mass is 9.93. The van der Waals surface area contributed by atoms with Gasteiger partial charge in [0.05, 0.1) is 18.7 Å². The molecule has 2 aromatic rings. The van der Waals surface area contributed by atoms with E-state index in [4.69, 9.17) is 4.42 Å². The van der Waals surface area contributed by atoms with E-state index < -0.39 is 0 Å². The van der Waals surface area contributed by atoms with Gasteiger partial charge in [0.1, 0.15) is 5.76 Å². The van der Waals surface area contributed by atoms with E-state index in [-0.39, 0.29) is 11.8 Å². The Hall–Kier alpha value is -2.18. The van der Waals surface area contributed by atoms with Crippen LogP contribution < -0.4 is 0 Å². The van der Waals surface area contributed by atoms with Crippen molar-refractivity contribution in [1.82, 2.24) is 19.7 Å². The molecule has 0 N–H and O–H groups in total. The fourth-order valence-corrected chi connectivity index (χ4v) is 4.75. The van der Waals surface area contributed by atoms with Crippen LogP contribution in [0.2, 0.25) is 0 Å². The van der Waals surface area contributed by atoms with Crippen LogP contribution in [0, 0.1) is 5.92 Å². The molecule has 0 aliphatic carbocycles. The van der Waals surface area contributed by atoms with Gasteiger partial charge in [-0.2, -0.15) is 0 Å². The van der Waals surface area contributed by atoms with Gasteiger partial charge in [-0.25, -0.2) is 0 Å². The van der Waals surface area contributed by atoms with E-state index >= 15 is 0 Å². The summed E-state index contributed by atoms with van der Waals surface area (Å²) in [5.41, 5.74) is 1.33. The zero-order chi connectivity index (χ0) is 20.1. The van der Waals surface area contributed by atoms with E-state index in [0.717, 1.165) is 51.3 Å². The molecule has 0 bridgehead atoms. The van der Waals surface area contributed by atoms with E-state index in [9.17, 15) is 4.79 Å². The van der Waals surface area contributed by atoms with E-state index in [2.05, 4.69) is 26.9 Å². The molecular formula is C23H32N4O2. The van der Waals surface area contributed by atoms with Crippen molar-refractivity contribution in [3.8, 4) is 0 Å². The molecule has 2 aliphatic rings. The molecular weight excluding hydrogens is 364 g/mol. The van der Waals surface area contributed by atoms with Crippen molar-refractivity contribution in [1.29, 1.82) is 0 Å². The first kappa shape index (κ1) is 20.1. The molecule has 0 radical (unpaired) electrons. The lowest BCUT2D eigenvalue weighted by Gasteiger charge is -2.42. The minimum absolute atomic E-state index is 0.110. The van der Waals surface area contributed by atoms with Crippen LogP contribution >= 0.6 is 0 Å². The van der Waals surface area contributed by atoms with Crippen molar-refractivity contribution in [3.05, 3.63) is 54.2 Å². The molecule has 4 heterocycles. The number of pyridine rings is 1. The molecule has 0 unspecified atom stereocenters. The van der Waals surface area contributed by atoms with Gasteiger partial charge in [0.2, 0.25) is 5.91 Å². The molecule has 1 atom stereocenters. The van der Waals surface area contributed by atoms with Crippen LogP contribution in [0.5, 0.6) is 0 Å². The molecule has 0 aromatic carbocycles. The van der Waals surface area contributed by atoms with Crippen molar-refractivity contribution in [2.24, 2.45) is 5.92 Å². The Morgan fingerprint density at radius 2 is 1.97 bits per heavy atom. The van der Waals surface area contributed by atoms with E-state index in [0.29, 0.717) is 12.6 Å². The number of carbonyl (C=O) groups excluding carboxylic acids is 1. The average Bonchev–Trinajstić information content (AvgIpc) is 3.27. The molecule has 2 fully saturated rings. The van der Waals surface area contributed by atoms with Crippen LogP contribution in [-0.2, 0) is 17.9 Å². The second-order valence-corrected chi connectivity index (χ2v) is 8.47. The summed E-state index contributed by atoms with van der Waals surface area (Å²) in [5.74, 6) is 1.20.